The van der Waals surface area contributed by atoms with Gasteiger partial charge in [-0.1, -0.05) is 132 Å². The predicted molar refractivity (Wildman–Crippen MR) is 191 cm³/mol. The minimum absolute atomic E-state index is 0.00983. The lowest BCUT2D eigenvalue weighted by atomic mass is 10.2. The van der Waals surface area contributed by atoms with Crippen LogP contribution in [-0.4, -0.2) is 27.1 Å². The summed E-state index contributed by atoms with van der Waals surface area (Å²) in [6.45, 7) is -1.24. The minimum Gasteiger partial charge on any atom is -0.222 e. The van der Waals surface area contributed by atoms with Crippen LogP contribution in [0.3, 0.4) is 0 Å². The van der Waals surface area contributed by atoms with E-state index >= 15 is 0 Å². The van der Waals surface area contributed by atoms with Gasteiger partial charge < -0.3 is 0 Å². The molecule has 47 heavy (non-hydrogen) atoms. The molecule has 234 valence electrons. The number of thiazole rings is 1. The molecule has 0 aliphatic rings. The van der Waals surface area contributed by atoms with Crippen LogP contribution in [0.5, 0.6) is 0 Å². The Morgan fingerprint density at radius 2 is 1.09 bits per heavy atom. The Bertz CT molecular complexity index is 2190. The van der Waals surface area contributed by atoms with Crippen molar-refractivity contribution in [1.29, 1.82) is 5.26 Å². The van der Waals surface area contributed by atoms with Gasteiger partial charge in [-0.2, -0.15) is 5.26 Å². The molecule has 0 spiro atoms. The maximum absolute atomic E-state index is 14.3. The van der Waals surface area contributed by atoms with E-state index in [0.29, 0.717) is 16.4 Å². The van der Waals surface area contributed by atoms with Crippen molar-refractivity contribution >= 4 is 70.7 Å². The number of sulfone groups is 2. The molecular weight excluding hydrogens is 687 g/mol. The van der Waals surface area contributed by atoms with Crippen LogP contribution in [0.2, 0.25) is 5.02 Å². The number of hydrogen-bond acceptors (Lipinski definition) is 7. The summed E-state index contributed by atoms with van der Waals surface area (Å²) in [5, 5.41) is 13.5. The fourth-order valence-corrected chi connectivity index (χ4v) is 14.9. The third-order valence-electron chi connectivity index (χ3n) is 7.60. The normalized spacial score (nSPS) is 11.9. The average molecular weight is 713 g/mol. The summed E-state index contributed by atoms with van der Waals surface area (Å²) < 4.78 is 56.6. The highest BCUT2D eigenvalue weighted by Gasteiger charge is 2.38. The Morgan fingerprint density at radius 1 is 0.660 bits per heavy atom. The van der Waals surface area contributed by atoms with Crippen LogP contribution in [0.4, 0.5) is 0 Å². The van der Waals surface area contributed by atoms with E-state index in [9.17, 15) is 22.1 Å². The largest absolute Gasteiger partial charge is 0.226 e. The Kier molecular flexibility index (Phi) is 9.08. The number of rotatable bonds is 8. The van der Waals surface area contributed by atoms with Gasteiger partial charge in [0.15, 0.2) is 9.24 Å². The first-order valence-corrected chi connectivity index (χ1v) is 20.2. The Balaban J connectivity index is 1.79. The molecular formula is C36H26ClN2O4PS3. The molecule has 0 unspecified atom stereocenters. The van der Waals surface area contributed by atoms with Crippen molar-refractivity contribution in [3.8, 4) is 6.07 Å². The highest BCUT2D eigenvalue weighted by Crippen LogP contribution is 2.49. The molecule has 0 saturated heterocycles. The Morgan fingerprint density at radius 3 is 1.53 bits per heavy atom. The lowest BCUT2D eigenvalue weighted by Gasteiger charge is -2.29. The van der Waals surface area contributed by atoms with E-state index < -0.39 is 35.8 Å². The second kappa shape index (κ2) is 13.1. The van der Waals surface area contributed by atoms with E-state index in [-0.39, 0.29) is 20.1 Å². The third-order valence-corrected chi connectivity index (χ3v) is 17.5. The molecule has 1 aromatic heterocycles. The fraction of sp³-hybridized carbons (Fsp3) is 0.0278. The number of benzene rings is 5. The van der Waals surface area contributed by atoms with Crippen molar-refractivity contribution < 1.29 is 16.8 Å². The first kappa shape index (κ1) is 32.6. The fourth-order valence-electron chi connectivity index (χ4n) is 5.34. The van der Waals surface area contributed by atoms with Crippen molar-refractivity contribution in [2.75, 3.05) is 0 Å². The van der Waals surface area contributed by atoms with E-state index in [1.54, 1.807) is 12.1 Å². The molecule has 6 nitrogen and oxygen atoms in total. The summed E-state index contributed by atoms with van der Waals surface area (Å²) in [5.74, 6) is 0. The highest BCUT2D eigenvalue weighted by atomic mass is 35.5. The van der Waals surface area contributed by atoms with Gasteiger partial charge in [0.1, 0.15) is 11.1 Å². The predicted octanol–water partition coefficient (Wildman–Crippen LogP) is 6.81. The summed E-state index contributed by atoms with van der Waals surface area (Å²) in [6, 6.07) is 42.6. The van der Waals surface area contributed by atoms with Crippen molar-refractivity contribution in [2.24, 2.45) is 0 Å². The van der Waals surface area contributed by atoms with Gasteiger partial charge in [-0.25, -0.2) is 21.8 Å². The summed E-state index contributed by atoms with van der Waals surface area (Å²) in [6.07, 6.45) is 0. The van der Waals surface area contributed by atoms with Gasteiger partial charge >= 0.3 is 0 Å². The van der Waals surface area contributed by atoms with Gasteiger partial charge in [0.05, 0.1) is 15.1 Å². The van der Waals surface area contributed by atoms with E-state index in [2.05, 4.69) is 11.1 Å². The molecule has 0 fully saturated rings. The SMILES string of the molecule is Cc1ccc(S(=O)(=O)c2nc(C(C#N)=P(c3ccccc3)(c3ccccc3)c3ccccc3)sc2S(=O)(=O)c2ccc(Cl)cc2)cc1. The highest BCUT2D eigenvalue weighted by molar-refractivity contribution is 7.97. The van der Waals surface area contributed by atoms with Crippen LogP contribution in [0.15, 0.2) is 159 Å². The van der Waals surface area contributed by atoms with E-state index in [4.69, 9.17) is 11.6 Å². The topological polar surface area (TPSA) is 105 Å². The summed E-state index contributed by atoms with van der Waals surface area (Å²) in [7, 11) is -8.90. The first-order chi connectivity index (χ1) is 22.6. The zero-order valence-electron chi connectivity index (χ0n) is 24.9. The number of nitrogens with zero attached hydrogens (tertiary/aromatic N) is 2. The molecule has 0 atom stereocenters. The first-order valence-electron chi connectivity index (χ1n) is 14.3. The van der Waals surface area contributed by atoms with Crippen molar-refractivity contribution in [3.63, 3.8) is 0 Å². The molecule has 0 amide bonds. The van der Waals surface area contributed by atoms with Gasteiger partial charge in [-0.15, -0.1) is 0 Å². The number of aryl methyl sites for hydroxylation is 1. The van der Waals surface area contributed by atoms with Crippen LogP contribution in [0.25, 0.3) is 0 Å². The van der Waals surface area contributed by atoms with Gasteiger partial charge in [-0.3, -0.25) is 0 Å². The molecule has 0 radical (unpaired) electrons. The summed E-state index contributed by atoms with van der Waals surface area (Å²) in [5.41, 5.74) is 0.834. The Labute approximate surface area is 283 Å². The van der Waals surface area contributed by atoms with Gasteiger partial charge in [0.25, 0.3) is 0 Å². The molecule has 11 heteroatoms. The van der Waals surface area contributed by atoms with Crippen molar-refractivity contribution in [1.82, 2.24) is 4.98 Å². The van der Waals surface area contributed by atoms with Crippen LogP contribution in [0, 0.1) is 18.3 Å². The zero-order chi connectivity index (χ0) is 33.2. The second-order valence-electron chi connectivity index (χ2n) is 10.5. The van der Waals surface area contributed by atoms with Crippen LogP contribution < -0.4 is 15.9 Å². The van der Waals surface area contributed by atoms with Crippen molar-refractivity contribution in [3.05, 3.63) is 155 Å². The smallest absolute Gasteiger partial charge is 0.222 e. The van der Waals surface area contributed by atoms with Gasteiger partial charge in [0.2, 0.25) is 19.7 Å². The molecule has 5 aromatic carbocycles. The molecule has 0 N–H and O–H groups in total. The van der Waals surface area contributed by atoms with Crippen LogP contribution >= 0.6 is 29.8 Å². The van der Waals surface area contributed by atoms with E-state index in [1.165, 1.54) is 36.4 Å². The van der Waals surface area contributed by atoms with Crippen molar-refractivity contribution in [2.45, 2.75) is 25.9 Å². The average Bonchev–Trinajstić information content (AvgIpc) is 3.56. The Hall–Kier alpha value is -4.29. The number of aromatic nitrogens is 1. The maximum Gasteiger partial charge on any atom is 0.226 e. The van der Waals surface area contributed by atoms with Crippen LogP contribution in [-0.2, 0) is 19.7 Å². The standard InChI is InChI=1S/C36H26ClN2O4PS3/c1-26-17-21-31(22-18-26)46(40,41)35-36(47(42,43)32-23-19-27(37)20-24-32)45-34(39-35)33(25-38)44(28-11-5-2-6-12-28,29-13-7-3-8-14-29)30-15-9-4-10-16-30/h2-24H,1H3. The summed E-state index contributed by atoms with van der Waals surface area (Å²) in [4.78, 5) is 4.34. The lowest BCUT2D eigenvalue weighted by molar-refractivity contribution is 0.581. The molecule has 0 saturated carbocycles. The molecule has 0 aliphatic heterocycles. The van der Waals surface area contributed by atoms with Gasteiger partial charge in [0, 0.05) is 5.02 Å². The number of halogens is 1. The molecule has 1 heterocycles. The van der Waals surface area contributed by atoms with Crippen LogP contribution in [0.1, 0.15) is 10.6 Å². The lowest BCUT2D eigenvalue weighted by Crippen LogP contribution is -2.30. The third kappa shape index (κ3) is 5.89. The quantitative estimate of drug-likeness (QED) is 0.161. The maximum atomic E-state index is 14.3. The number of nitriles is 1. The zero-order valence-corrected chi connectivity index (χ0v) is 29.0. The minimum atomic E-state index is -4.46. The second-order valence-corrected chi connectivity index (χ2v) is 19.3. The van der Waals surface area contributed by atoms with Gasteiger partial charge in [-0.05, 0) is 66.1 Å². The van der Waals surface area contributed by atoms with E-state index in [1.807, 2.05) is 97.9 Å². The number of hydrogen-bond donors (Lipinski definition) is 0. The summed E-state index contributed by atoms with van der Waals surface area (Å²) >= 11 is 6.75. The molecule has 6 rings (SSSR count). The monoisotopic (exact) mass is 712 g/mol. The molecule has 0 aliphatic carbocycles. The van der Waals surface area contributed by atoms with E-state index in [0.717, 1.165) is 21.5 Å². The molecule has 6 aromatic rings. The molecule has 0 bridgehead atoms.